The summed E-state index contributed by atoms with van der Waals surface area (Å²) in [5.41, 5.74) is 0. The summed E-state index contributed by atoms with van der Waals surface area (Å²) < 4.78 is 0. The second kappa shape index (κ2) is 15.8. The van der Waals surface area contributed by atoms with Crippen molar-refractivity contribution in [3.05, 3.63) is 0 Å². The van der Waals surface area contributed by atoms with Gasteiger partial charge in [-0.2, -0.15) is 0 Å². The Kier molecular flexibility index (Phi) is 14.1. The molecule has 0 aromatic carbocycles. The van der Waals surface area contributed by atoms with Gasteiger partial charge in [0.05, 0.1) is 6.67 Å². The lowest BCUT2D eigenvalue weighted by Gasteiger charge is -2.22. The highest BCUT2D eigenvalue weighted by atomic mass is 16.2. The minimum absolute atomic E-state index is 0.0391. The normalized spacial score (nSPS) is 17.0. The van der Waals surface area contributed by atoms with Crippen LogP contribution in [0.3, 0.4) is 0 Å². The predicted octanol–water partition coefficient (Wildman–Crippen LogP) is 5.69. The summed E-state index contributed by atoms with van der Waals surface area (Å²) in [4.78, 5) is 28.2. The summed E-state index contributed by atoms with van der Waals surface area (Å²) in [5, 5.41) is 2.88. The SMILES string of the molecule is CCCCCCCCCCC1NC(=O)N(CN(C)CCCCCCCC)C1=O. The number of carbonyl (C=O) groups excluding carboxylic acids is 2. The Balaban J connectivity index is 2.15. The van der Waals surface area contributed by atoms with Crippen LogP contribution in [0, 0.1) is 0 Å². The molecule has 164 valence electrons. The van der Waals surface area contributed by atoms with Crippen molar-refractivity contribution in [3.63, 3.8) is 0 Å². The van der Waals surface area contributed by atoms with E-state index < -0.39 is 0 Å². The van der Waals surface area contributed by atoms with Crippen LogP contribution in [0.5, 0.6) is 0 Å². The second-order valence-electron chi connectivity index (χ2n) is 8.52. The van der Waals surface area contributed by atoms with Gasteiger partial charge < -0.3 is 5.32 Å². The Bertz CT molecular complexity index is 428. The van der Waals surface area contributed by atoms with Crippen molar-refractivity contribution >= 4 is 11.9 Å². The van der Waals surface area contributed by atoms with E-state index in [0.717, 1.165) is 32.2 Å². The van der Waals surface area contributed by atoms with E-state index in [0.29, 0.717) is 6.67 Å². The molecule has 1 aliphatic rings. The molecule has 1 fully saturated rings. The minimum atomic E-state index is -0.310. The number of nitrogens with zero attached hydrogens (tertiary/aromatic N) is 2. The third kappa shape index (κ3) is 10.4. The van der Waals surface area contributed by atoms with Gasteiger partial charge in [-0.1, -0.05) is 97.3 Å². The molecule has 1 N–H and O–H groups in total. The highest BCUT2D eigenvalue weighted by Gasteiger charge is 2.37. The number of hydrogen-bond acceptors (Lipinski definition) is 3. The fraction of sp³-hybridized carbons (Fsp3) is 0.913. The van der Waals surface area contributed by atoms with E-state index in [1.54, 1.807) is 0 Å². The first-order valence-electron chi connectivity index (χ1n) is 11.9. The summed E-state index contributed by atoms with van der Waals surface area (Å²) >= 11 is 0. The number of urea groups is 1. The quantitative estimate of drug-likeness (QED) is 0.240. The largest absolute Gasteiger partial charge is 0.326 e. The number of hydrogen-bond donors (Lipinski definition) is 1. The molecule has 0 radical (unpaired) electrons. The van der Waals surface area contributed by atoms with E-state index in [1.165, 1.54) is 75.5 Å². The molecular weight excluding hydrogens is 350 g/mol. The van der Waals surface area contributed by atoms with Gasteiger partial charge in [0.1, 0.15) is 6.04 Å². The van der Waals surface area contributed by atoms with Gasteiger partial charge in [0.15, 0.2) is 0 Å². The smallest absolute Gasteiger partial charge is 0.325 e. The summed E-state index contributed by atoms with van der Waals surface area (Å²) in [5.74, 6) is -0.0391. The van der Waals surface area contributed by atoms with Crippen LogP contribution < -0.4 is 5.32 Å². The van der Waals surface area contributed by atoms with Crippen LogP contribution in [0.1, 0.15) is 110 Å². The van der Waals surface area contributed by atoms with E-state index in [1.807, 2.05) is 7.05 Å². The highest BCUT2D eigenvalue weighted by molar-refractivity contribution is 6.04. The van der Waals surface area contributed by atoms with Gasteiger partial charge >= 0.3 is 6.03 Å². The lowest BCUT2D eigenvalue weighted by molar-refractivity contribution is -0.128. The zero-order chi connectivity index (χ0) is 20.6. The van der Waals surface area contributed by atoms with Crippen molar-refractivity contribution in [2.24, 2.45) is 0 Å². The molecule has 0 bridgehead atoms. The molecule has 1 unspecified atom stereocenters. The van der Waals surface area contributed by atoms with E-state index >= 15 is 0 Å². The fourth-order valence-electron chi connectivity index (χ4n) is 3.86. The fourth-order valence-corrected chi connectivity index (χ4v) is 3.86. The maximum atomic E-state index is 12.6. The lowest BCUT2D eigenvalue weighted by Crippen LogP contribution is -2.40. The van der Waals surface area contributed by atoms with Gasteiger partial charge in [0.2, 0.25) is 0 Å². The molecule has 3 amide bonds. The third-order valence-electron chi connectivity index (χ3n) is 5.73. The maximum Gasteiger partial charge on any atom is 0.325 e. The lowest BCUT2D eigenvalue weighted by atomic mass is 10.0. The zero-order valence-corrected chi connectivity index (χ0v) is 18.8. The Morgan fingerprint density at radius 2 is 1.29 bits per heavy atom. The van der Waals surface area contributed by atoms with Crippen LogP contribution in [0.15, 0.2) is 0 Å². The average Bonchev–Trinajstić information content (AvgIpc) is 2.94. The second-order valence-corrected chi connectivity index (χ2v) is 8.52. The van der Waals surface area contributed by atoms with Crippen LogP contribution in [0.25, 0.3) is 0 Å². The summed E-state index contributed by atoms with van der Waals surface area (Å²) in [6, 6.07) is -0.528. The van der Waals surface area contributed by atoms with E-state index in [-0.39, 0.29) is 18.0 Å². The molecule has 1 saturated heterocycles. The first kappa shape index (κ1) is 24.9. The van der Waals surface area contributed by atoms with Crippen molar-refractivity contribution < 1.29 is 9.59 Å². The molecule has 0 spiro atoms. The van der Waals surface area contributed by atoms with Crippen LogP contribution in [-0.4, -0.2) is 48.0 Å². The number of imide groups is 1. The van der Waals surface area contributed by atoms with Crippen molar-refractivity contribution in [1.82, 2.24) is 15.1 Å². The Labute approximate surface area is 173 Å². The molecule has 0 aromatic rings. The predicted molar refractivity (Wildman–Crippen MR) is 117 cm³/mol. The van der Waals surface area contributed by atoms with Crippen molar-refractivity contribution in [3.8, 4) is 0 Å². The first-order valence-corrected chi connectivity index (χ1v) is 11.9. The zero-order valence-electron chi connectivity index (χ0n) is 18.8. The van der Waals surface area contributed by atoms with E-state index in [9.17, 15) is 9.59 Å². The maximum absolute atomic E-state index is 12.6. The van der Waals surface area contributed by atoms with Crippen molar-refractivity contribution in [1.29, 1.82) is 0 Å². The van der Waals surface area contributed by atoms with E-state index in [4.69, 9.17) is 0 Å². The Morgan fingerprint density at radius 3 is 1.86 bits per heavy atom. The standard InChI is InChI=1S/C23H45N3O2/c1-4-6-8-10-12-13-14-16-18-21-22(27)26(23(28)24-21)20-25(3)19-17-15-11-9-7-5-2/h21H,4-20H2,1-3H3,(H,24,28). The highest BCUT2D eigenvalue weighted by Crippen LogP contribution is 2.15. The molecule has 0 aromatic heterocycles. The molecule has 5 heteroatoms. The van der Waals surface area contributed by atoms with Gasteiger partial charge in [-0.3, -0.25) is 9.69 Å². The van der Waals surface area contributed by atoms with Crippen LogP contribution in [0.4, 0.5) is 4.79 Å². The molecule has 1 aliphatic heterocycles. The monoisotopic (exact) mass is 395 g/mol. The van der Waals surface area contributed by atoms with Gasteiger partial charge in [0, 0.05) is 0 Å². The molecule has 28 heavy (non-hydrogen) atoms. The number of rotatable bonds is 18. The average molecular weight is 396 g/mol. The van der Waals surface area contributed by atoms with E-state index in [2.05, 4.69) is 24.1 Å². The van der Waals surface area contributed by atoms with Gasteiger partial charge in [-0.15, -0.1) is 0 Å². The summed E-state index contributed by atoms with van der Waals surface area (Å²) in [6.45, 7) is 5.82. The molecule has 1 heterocycles. The Hall–Kier alpha value is -1.10. The number of amides is 3. The van der Waals surface area contributed by atoms with Gasteiger partial charge in [0.25, 0.3) is 5.91 Å². The Morgan fingerprint density at radius 1 is 0.786 bits per heavy atom. The van der Waals surface area contributed by atoms with Crippen molar-refractivity contribution in [2.45, 2.75) is 116 Å². The summed E-state index contributed by atoms with van der Waals surface area (Å²) in [7, 11) is 2.00. The van der Waals surface area contributed by atoms with Gasteiger partial charge in [-0.25, -0.2) is 9.69 Å². The van der Waals surface area contributed by atoms with Crippen LogP contribution in [-0.2, 0) is 4.79 Å². The molecular formula is C23H45N3O2. The van der Waals surface area contributed by atoms with Crippen LogP contribution >= 0.6 is 0 Å². The van der Waals surface area contributed by atoms with Crippen LogP contribution in [0.2, 0.25) is 0 Å². The first-order chi connectivity index (χ1) is 13.6. The molecule has 0 saturated carbocycles. The molecule has 0 aliphatic carbocycles. The number of carbonyl (C=O) groups is 2. The summed E-state index contributed by atoms with van der Waals surface area (Å²) in [6.07, 6.45) is 18.3. The number of nitrogens with one attached hydrogen (secondary N) is 1. The van der Waals surface area contributed by atoms with Crippen molar-refractivity contribution in [2.75, 3.05) is 20.3 Å². The third-order valence-corrected chi connectivity index (χ3v) is 5.73. The molecule has 5 nitrogen and oxygen atoms in total. The molecule has 1 rings (SSSR count). The number of unbranched alkanes of at least 4 members (excludes halogenated alkanes) is 12. The molecule has 1 atom stereocenters. The minimum Gasteiger partial charge on any atom is -0.326 e. The topological polar surface area (TPSA) is 52.7 Å². The van der Waals surface area contributed by atoms with Gasteiger partial charge in [-0.05, 0) is 26.4 Å².